The van der Waals surface area contributed by atoms with Gasteiger partial charge < -0.3 is 10.1 Å². The first-order valence-corrected chi connectivity index (χ1v) is 8.63. The summed E-state index contributed by atoms with van der Waals surface area (Å²) in [5.41, 5.74) is 1.22. The highest BCUT2D eigenvalue weighted by atomic mass is 127. The van der Waals surface area contributed by atoms with Crippen molar-refractivity contribution in [3.05, 3.63) is 15.1 Å². The molecule has 1 heterocycles. The van der Waals surface area contributed by atoms with E-state index in [0.717, 1.165) is 24.6 Å². The Morgan fingerprint density at radius 3 is 2.55 bits per heavy atom. The molecule has 1 unspecified atom stereocenters. The van der Waals surface area contributed by atoms with Crippen molar-refractivity contribution in [2.24, 2.45) is 0 Å². The van der Waals surface area contributed by atoms with Crippen molar-refractivity contribution in [2.45, 2.75) is 58.0 Å². The van der Waals surface area contributed by atoms with E-state index in [2.05, 4.69) is 46.7 Å². The molecule has 112 valence electrons. The van der Waals surface area contributed by atoms with Crippen LogP contribution in [0, 0.1) is 3.57 Å². The van der Waals surface area contributed by atoms with Gasteiger partial charge in [0.1, 0.15) is 11.9 Å². The maximum atomic E-state index is 5.52. The van der Waals surface area contributed by atoms with E-state index in [-0.39, 0.29) is 6.10 Å². The SMILES string of the molecule is CCNc1nc(C(CC)OC)nc(C2CCCC2)c1I. The van der Waals surface area contributed by atoms with Gasteiger partial charge in [-0.3, -0.25) is 0 Å². The van der Waals surface area contributed by atoms with E-state index in [1.165, 1.54) is 34.9 Å². The molecule has 5 heteroatoms. The van der Waals surface area contributed by atoms with E-state index in [4.69, 9.17) is 9.72 Å². The number of halogens is 1. The minimum Gasteiger partial charge on any atom is -0.373 e. The fraction of sp³-hybridized carbons (Fsp3) is 0.733. The van der Waals surface area contributed by atoms with Crippen LogP contribution < -0.4 is 5.32 Å². The van der Waals surface area contributed by atoms with Gasteiger partial charge in [-0.25, -0.2) is 9.97 Å². The molecule has 20 heavy (non-hydrogen) atoms. The van der Waals surface area contributed by atoms with Gasteiger partial charge in [0, 0.05) is 19.6 Å². The van der Waals surface area contributed by atoms with Crippen molar-refractivity contribution in [2.75, 3.05) is 19.0 Å². The maximum Gasteiger partial charge on any atom is 0.159 e. The Morgan fingerprint density at radius 1 is 1.30 bits per heavy atom. The zero-order valence-corrected chi connectivity index (χ0v) is 14.7. The zero-order chi connectivity index (χ0) is 14.5. The highest BCUT2D eigenvalue weighted by Gasteiger charge is 2.25. The number of rotatable bonds is 6. The van der Waals surface area contributed by atoms with Gasteiger partial charge in [0.2, 0.25) is 0 Å². The largest absolute Gasteiger partial charge is 0.373 e. The van der Waals surface area contributed by atoms with Crippen molar-refractivity contribution in [1.82, 2.24) is 9.97 Å². The third-order valence-corrected chi connectivity index (χ3v) is 4.99. The first-order chi connectivity index (χ1) is 9.71. The Labute approximate surface area is 135 Å². The molecule has 0 spiro atoms. The molecule has 1 saturated carbocycles. The van der Waals surface area contributed by atoms with Crippen molar-refractivity contribution < 1.29 is 4.74 Å². The minimum atomic E-state index is -0.00967. The van der Waals surface area contributed by atoms with Crippen molar-refractivity contribution in [3.8, 4) is 0 Å². The molecule has 0 aromatic carbocycles. The average Bonchev–Trinajstić information content (AvgIpc) is 2.97. The lowest BCUT2D eigenvalue weighted by molar-refractivity contribution is 0.0924. The minimum absolute atomic E-state index is 0.00967. The topological polar surface area (TPSA) is 47.0 Å². The van der Waals surface area contributed by atoms with Crippen molar-refractivity contribution in [3.63, 3.8) is 0 Å². The lowest BCUT2D eigenvalue weighted by Gasteiger charge is -2.19. The van der Waals surface area contributed by atoms with Crippen LogP contribution in [0.15, 0.2) is 0 Å². The molecule has 4 nitrogen and oxygen atoms in total. The van der Waals surface area contributed by atoms with Gasteiger partial charge in [-0.05, 0) is 48.8 Å². The second-order valence-corrected chi connectivity index (χ2v) is 6.35. The van der Waals surface area contributed by atoms with Crippen LogP contribution in [0.1, 0.15) is 69.5 Å². The predicted octanol–water partition coefficient (Wildman–Crippen LogP) is 4.27. The molecule has 1 aliphatic rings. The normalized spacial score (nSPS) is 17.4. The number of hydrogen-bond donors (Lipinski definition) is 1. The van der Waals surface area contributed by atoms with E-state index < -0.39 is 0 Å². The molecule has 1 atom stereocenters. The van der Waals surface area contributed by atoms with Crippen LogP contribution in [-0.2, 0) is 4.74 Å². The van der Waals surface area contributed by atoms with Gasteiger partial charge in [0.25, 0.3) is 0 Å². The summed E-state index contributed by atoms with van der Waals surface area (Å²) in [5.74, 6) is 2.39. The molecule has 0 saturated heterocycles. The monoisotopic (exact) mass is 389 g/mol. The average molecular weight is 389 g/mol. The molecular weight excluding hydrogens is 365 g/mol. The zero-order valence-electron chi connectivity index (χ0n) is 12.6. The summed E-state index contributed by atoms with van der Waals surface area (Å²) in [6.07, 6.45) is 6.02. The fourth-order valence-corrected chi connectivity index (χ4v) is 3.71. The van der Waals surface area contributed by atoms with Crippen molar-refractivity contribution in [1.29, 1.82) is 0 Å². The van der Waals surface area contributed by atoms with Crippen LogP contribution in [0.25, 0.3) is 0 Å². The molecule has 0 radical (unpaired) electrons. The Balaban J connectivity index is 2.42. The standard InChI is InChI=1S/C15H24IN3O/c1-4-11(20-3)14-18-13(10-8-6-7-9-10)12(16)15(19-14)17-5-2/h10-11H,4-9H2,1-3H3,(H,17,18,19). The Kier molecular flexibility index (Phi) is 6.01. The van der Waals surface area contributed by atoms with Crippen LogP contribution in [0.3, 0.4) is 0 Å². The van der Waals surface area contributed by atoms with Gasteiger partial charge in [-0.2, -0.15) is 0 Å². The predicted molar refractivity (Wildman–Crippen MR) is 90.2 cm³/mol. The highest BCUT2D eigenvalue weighted by molar-refractivity contribution is 14.1. The third kappa shape index (κ3) is 3.42. The van der Waals surface area contributed by atoms with Crippen molar-refractivity contribution >= 4 is 28.4 Å². The number of nitrogens with zero attached hydrogens (tertiary/aromatic N) is 2. The van der Waals surface area contributed by atoms with Crippen LogP contribution in [0.4, 0.5) is 5.82 Å². The Morgan fingerprint density at radius 2 is 2.00 bits per heavy atom. The first-order valence-electron chi connectivity index (χ1n) is 7.55. The smallest absolute Gasteiger partial charge is 0.159 e. The Hall–Kier alpha value is -0.430. The van der Waals surface area contributed by atoms with Crippen LogP contribution in [0.5, 0.6) is 0 Å². The maximum absolute atomic E-state index is 5.52. The number of methoxy groups -OCH3 is 1. The van der Waals surface area contributed by atoms with Gasteiger partial charge in [-0.1, -0.05) is 19.8 Å². The number of hydrogen-bond acceptors (Lipinski definition) is 4. The fourth-order valence-electron chi connectivity index (χ4n) is 2.84. The van der Waals surface area contributed by atoms with E-state index in [9.17, 15) is 0 Å². The summed E-state index contributed by atoms with van der Waals surface area (Å²) >= 11 is 2.39. The van der Waals surface area contributed by atoms with E-state index in [0.29, 0.717) is 5.92 Å². The molecule has 2 rings (SSSR count). The van der Waals surface area contributed by atoms with Crippen LogP contribution in [0.2, 0.25) is 0 Å². The quantitative estimate of drug-likeness (QED) is 0.739. The summed E-state index contributed by atoms with van der Waals surface area (Å²) in [4.78, 5) is 9.54. The van der Waals surface area contributed by atoms with E-state index in [1.54, 1.807) is 7.11 Å². The molecule has 1 fully saturated rings. The van der Waals surface area contributed by atoms with Crippen LogP contribution >= 0.6 is 22.6 Å². The molecule has 0 bridgehead atoms. The summed E-state index contributed by atoms with van der Waals surface area (Å²) in [5, 5.41) is 3.37. The summed E-state index contributed by atoms with van der Waals surface area (Å²) in [6, 6.07) is 0. The molecule has 1 N–H and O–H groups in total. The van der Waals surface area contributed by atoms with E-state index >= 15 is 0 Å². The highest BCUT2D eigenvalue weighted by Crippen LogP contribution is 2.37. The molecule has 1 aromatic heterocycles. The molecule has 0 amide bonds. The van der Waals surface area contributed by atoms with Crippen LogP contribution in [-0.4, -0.2) is 23.6 Å². The van der Waals surface area contributed by atoms with Gasteiger partial charge in [0.05, 0.1) is 9.26 Å². The van der Waals surface area contributed by atoms with E-state index in [1.807, 2.05) is 0 Å². The number of anilines is 1. The molecule has 0 aliphatic heterocycles. The third-order valence-electron chi connectivity index (χ3n) is 3.92. The summed E-state index contributed by atoms with van der Waals surface area (Å²) in [7, 11) is 1.73. The molecular formula is C15H24IN3O. The van der Waals surface area contributed by atoms with Gasteiger partial charge in [-0.15, -0.1) is 0 Å². The number of nitrogens with one attached hydrogen (secondary N) is 1. The summed E-state index contributed by atoms with van der Waals surface area (Å²) in [6.45, 7) is 5.08. The second kappa shape index (κ2) is 7.54. The Bertz CT molecular complexity index is 443. The lowest BCUT2D eigenvalue weighted by Crippen LogP contribution is -2.14. The van der Waals surface area contributed by atoms with Gasteiger partial charge in [0.15, 0.2) is 5.82 Å². The second-order valence-electron chi connectivity index (χ2n) is 5.27. The van der Waals surface area contributed by atoms with Gasteiger partial charge >= 0.3 is 0 Å². The molecule has 1 aliphatic carbocycles. The summed E-state index contributed by atoms with van der Waals surface area (Å²) < 4.78 is 6.71. The lowest BCUT2D eigenvalue weighted by atomic mass is 10.0. The molecule has 1 aromatic rings. The first kappa shape index (κ1) is 15.9. The number of aromatic nitrogens is 2. The number of ether oxygens (including phenoxy) is 1.